The van der Waals surface area contributed by atoms with E-state index in [1.807, 2.05) is 24.9 Å². The van der Waals surface area contributed by atoms with Crippen LogP contribution in [0.2, 0.25) is 0 Å². The molecule has 0 atom stereocenters. The van der Waals surface area contributed by atoms with Gasteiger partial charge in [0.2, 0.25) is 0 Å². The van der Waals surface area contributed by atoms with Gasteiger partial charge >= 0.3 is 0 Å². The lowest BCUT2D eigenvalue weighted by molar-refractivity contribution is 0.280. The van der Waals surface area contributed by atoms with Crippen LogP contribution in [-0.4, -0.2) is 61.2 Å². The molecule has 22 heavy (non-hydrogen) atoms. The van der Waals surface area contributed by atoms with Crippen LogP contribution < -0.4 is 0 Å². The predicted molar refractivity (Wildman–Crippen MR) is 96.0 cm³/mol. The molecule has 0 saturated carbocycles. The molecule has 0 N–H and O–H groups in total. The van der Waals surface area contributed by atoms with Gasteiger partial charge in [-0.25, -0.2) is 0 Å². The molecular formula is C17H29N5. The summed E-state index contributed by atoms with van der Waals surface area (Å²) in [6.07, 6.45) is 13.6. The summed E-state index contributed by atoms with van der Waals surface area (Å²) in [5.41, 5.74) is -0.333. The Kier molecular flexibility index (Phi) is 6.00. The monoisotopic (exact) mass is 303 g/mol. The fraction of sp³-hybridized carbons (Fsp3) is 0.765. The fourth-order valence-electron chi connectivity index (χ4n) is 3.11. The van der Waals surface area contributed by atoms with Gasteiger partial charge in [0.25, 0.3) is 0 Å². The Labute approximate surface area is 134 Å². The molecule has 0 spiro atoms. The van der Waals surface area contributed by atoms with Gasteiger partial charge in [-0.05, 0) is 58.7 Å². The van der Waals surface area contributed by atoms with Crippen LogP contribution >= 0.6 is 0 Å². The molecule has 0 amide bonds. The summed E-state index contributed by atoms with van der Waals surface area (Å²) in [7, 11) is 2.19. The van der Waals surface area contributed by atoms with Gasteiger partial charge in [0, 0.05) is 24.9 Å². The third-order valence-corrected chi connectivity index (χ3v) is 4.76. The third-order valence-electron chi connectivity index (χ3n) is 4.76. The predicted octanol–water partition coefficient (Wildman–Crippen LogP) is 3.00. The highest BCUT2D eigenvalue weighted by molar-refractivity contribution is 6.18. The average molecular weight is 303 g/mol. The summed E-state index contributed by atoms with van der Waals surface area (Å²) >= 11 is 0. The second-order valence-corrected chi connectivity index (χ2v) is 6.30. The summed E-state index contributed by atoms with van der Waals surface area (Å²) in [5.74, 6) is 0. The van der Waals surface area contributed by atoms with E-state index in [0.717, 1.165) is 51.6 Å². The van der Waals surface area contributed by atoms with E-state index in [9.17, 15) is 0 Å². The molecule has 0 aliphatic carbocycles. The molecule has 0 aromatic carbocycles. The molecule has 0 radical (unpaired) electrons. The topological polar surface area (TPSA) is 52.7 Å². The zero-order valence-electron chi connectivity index (χ0n) is 14.2. The Bertz CT molecular complexity index is 398. The highest BCUT2D eigenvalue weighted by atomic mass is 15.1. The molecule has 2 heterocycles. The quantitative estimate of drug-likeness (QED) is 0.612. The Morgan fingerprint density at radius 1 is 0.727 bits per heavy atom. The van der Waals surface area contributed by atoms with Crippen molar-refractivity contribution < 1.29 is 0 Å². The molecular weight excluding hydrogens is 274 g/mol. The van der Waals surface area contributed by atoms with E-state index in [4.69, 9.17) is 0 Å². The minimum Gasteiger partial charge on any atom is -0.306 e. The van der Waals surface area contributed by atoms with Gasteiger partial charge in [0.05, 0.1) is 0 Å². The van der Waals surface area contributed by atoms with Crippen LogP contribution in [-0.2, 0) is 0 Å². The van der Waals surface area contributed by atoms with Crippen LogP contribution in [0, 0.1) is 0 Å². The molecule has 2 aliphatic rings. The van der Waals surface area contributed by atoms with Crippen molar-refractivity contribution in [1.82, 2.24) is 4.90 Å². The van der Waals surface area contributed by atoms with Crippen molar-refractivity contribution in [2.24, 2.45) is 20.0 Å². The van der Waals surface area contributed by atoms with Crippen molar-refractivity contribution in [3.05, 3.63) is 0 Å². The number of hydrogen-bond acceptors (Lipinski definition) is 5. The second kappa shape index (κ2) is 7.77. The smallest absolute Gasteiger partial charge is 0.149 e. The second-order valence-electron chi connectivity index (χ2n) is 6.30. The van der Waals surface area contributed by atoms with Crippen molar-refractivity contribution in [3.63, 3.8) is 0 Å². The van der Waals surface area contributed by atoms with E-state index >= 15 is 0 Å². The molecule has 0 unspecified atom stereocenters. The first-order valence-electron chi connectivity index (χ1n) is 8.50. The zero-order chi connectivity index (χ0) is 15.9. The van der Waals surface area contributed by atoms with Crippen LogP contribution in [0.5, 0.6) is 0 Å². The Morgan fingerprint density at radius 3 is 1.41 bits per heavy atom. The maximum atomic E-state index is 4.52. The van der Waals surface area contributed by atoms with Crippen LogP contribution in [0.25, 0.3) is 0 Å². The van der Waals surface area contributed by atoms with E-state index in [-0.39, 0.29) is 11.3 Å². The normalized spacial score (nSPS) is 20.5. The molecule has 2 rings (SSSR count). The number of rotatable bonds is 10. The summed E-state index contributed by atoms with van der Waals surface area (Å²) in [5, 5.41) is 0. The summed E-state index contributed by atoms with van der Waals surface area (Å²) in [4.78, 5) is 20.5. The van der Waals surface area contributed by atoms with Crippen molar-refractivity contribution in [3.8, 4) is 0 Å². The van der Waals surface area contributed by atoms with E-state index in [2.05, 4.69) is 45.8 Å². The van der Waals surface area contributed by atoms with Gasteiger partial charge in [0.1, 0.15) is 11.3 Å². The van der Waals surface area contributed by atoms with Crippen molar-refractivity contribution in [2.75, 3.05) is 20.1 Å². The van der Waals surface area contributed by atoms with E-state index in [1.54, 1.807) is 0 Å². The van der Waals surface area contributed by atoms with Crippen LogP contribution in [0.3, 0.4) is 0 Å². The van der Waals surface area contributed by atoms with Gasteiger partial charge in [-0.1, -0.05) is 13.8 Å². The third kappa shape index (κ3) is 4.32. The van der Waals surface area contributed by atoms with Crippen molar-refractivity contribution in [2.45, 2.75) is 63.7 Å². The van der Waals surface area contributed by atoms with Crippen LogP contribution in [0.1, 0.15) is 52.4 Å². The first-order valence-corrected chi connectivity index (χ1v) is 8.50. The van der Waals surface area contributed by atoms with Gasteiger partial charge in [0.15, 0.2) is 0 Å². The summed E-state index contributed by atoms with van der Waals surface area (Å²) in [6, 6.07) is 0. The Balaban J connectivity index is 1.63. The molecule has 0 aromatic rings. The fourth-order valence-corrected chi connectivity index (χ4v) is 3.11. The molecule has 0 saturated heterocycles. The molecule has 5 heteroatoms. The number of aliphatic imine (C=N–C) groups is 4. The standard InChI is InChI=1S/C17H29N5/c1-4-16(18-10-11-19-16)8-6-14-22(3)15-7-9-17(5-2)20-12-13-21-17/h10-13H,4-9,14-15H2,1-3H3. The summed E-state index contributed by atoms with van der Waals surface area (Å²) < 4.78 is 0. The lowest BCUT2D eigenvalue weighted by atomic mass is 10.0. The minimum absolute atomic E-state index is 0.166. The average Bonchev–Trinajstić information content (AvgIpc) is 3.18. The highest BCUT2D eigenvalue weighted by Crippen LogP contribution is 2.27. The zero-order valence-corrected chi connectivity index (χ0v) is 14.2. The Morgan fingerprint density at radius 2 is 1.09 bits per heavy atom. The Hall–Kier alpha value is -1.36. The molecule has 0 fully saturated rings. The molecule has 0 aromatic heterocycles. The SMILES string of the molecule is CCC1(CCCN(C)CCCC2(CC)N=CC=N2)N=CC=N1. The largest absolute Gasteiger partial charge is 0.306 e. The lowest BCUT2D eigenvalue weighted by Gasteiger charge is -2.25. The van der Waals surface area contributed by atoms with E-state index in [0.29, 0.717) is 0 Å². The van der Waals surface area contributed by atoms with Crippen LogP contribution in [0.4, 0.5) is 0 Å². The summed E-state index contributed by atoms with van der Waals surface area (Å²) in [6.45, 7) is 6.52. The lowest BCUT2D eigenvalue weighted by Crippen LogP contribution is -2.27. The molecule has 0 bridgehead atoms. The first kappa shape index (κ1) is 17.0. The van der Waals surface area contributed by atoms with E-state index < -0.39 is 0 Å². The van der Waals surface area contributed by atoms with Gasteiger partial charge in [-0.2, -0.15) is 0 Å². The van der Waals surface area contributed by atoms with Gasteiger partial charge in [-0.15, -0.1) is 0 Å². The van der Waals surface area contributed by atoms with Gasteiger partial charge in [-0.3, -0.25) is 20.0 Å². The van der Waals surface area contributed by atoms with Crippen molar-refractivity contribution in [1.29, 1.82) is 0 Å². The molecule has 5 nitrogen and oxygen atoms in total. The van der Waals surface area contributed by atoms with Crippen LogP contribution in [0.15, 0.2) is 20.0 Å². The molecule has 2 aliphatic heterocycles. The highest BCUT2D eigenvalue weighted by Gasteiger charge is 2.27. The van der Waals surface area contributed by atoms with E-state index in [1.165, 1.54) is 0 Å². The minimum atomic E-state index is -0.166. The van der Waals surface area contributed by atoms with Crippen molar-refractivity contribution >= 4 is 24.9 Å². The molecule has 122 valence electrons. The number of hydrogen-bond donors (Lipinski definition) is 0. The first-order chi connectivity index (χ1) is 10.6. The maximum absolute atomic E-state index is 4.52. The number of nitrogens with zero attached hydrogens (tertiary/aromatic N) is 5. The van der Waals surface area contributed by atoms with Gasteiger partial charge < -0.3 is 4.90 Å². The maximum Gasteiger partial charge on any atom is 0.149 e.